The molecule has 1 unspecified atom stereocenters. The second-order valence-electron chi connectivity index (χ2n) is 5.94. The average Bonchev–Trinajstić information content (AvgIpc) is 2.26. The van der Waals surface area contributed by atoms with Crippen LogP contribution in [0.4, 0.5) is 0 Å². The maximum Gasteiger partial charge on any atom is 0.144 e. The van der Waals surface area contributed by atoms with E-state index in [-0.39, 0.29) is 5.41 Å². The summed E-state index contributed by atoms with van der Waals surface area (Å²) in [7, 11) is 2.15. The van der Waals surface area contributed by atoms with Crippen molar-refractivity contribution in [2.75, 3.05) is 13.6 Å². The van der Waals surface area contributed by atoms with Crippen molar-refractivity contribution < 1.29 is 5.21 Å². The van der Waals surface area contributed by atoms with Gasteiger partial charge in [0.2, 0.25) is 0 Å². The predicted octanol–water partition coefficient (Wildman–Crippen LogP) is 2.52. The summed E-state index contributed by atoms with van der Waals surface area (Å²) in [5.41, 5.74) is 5.44. The predicted molar refractivity (Wildman–Crippen MR) is 73.4 cm³/mol. The van der Waals surface area contributed by atoms with Gasteiger partial charge in [0.05, 0.1) is 0 Å². The number of rotatable bonds is 7. The second kappa shape index (κ2) is 6.84. The molecule has 0 aromatic rings. The molecule has 0 saturated carbocycles. The molecule has 17 heavy (non-hydrogen) atoms. The van der Waals surface area contributed by atoms with Crippen molar-refractivity contribution >= 4 is 5.84 Å². The lowest BCUT2D eigenvalue weighted by Gasteiger charge is -2.29. The topological polar surface area (TPSA) is 61.8 Å². The third-order valence-corrected chi connectivity index (χ3v) is 3.77. The van der Waals surface area contributed by atoms with Crippen LogP contribution in [0.15, 0.2) is 5.16 Å². The maximum absolute atomic E-state index is 8.69. The number of oxime groups is 1. The Labute approximate surface area is 106 Å². The molecular formula is C13H29N3O. The molecule has 3 N–H and O–H groups in total. The fourth-order valence-electron chi connectivity index (χ4n) is 1.75. The Hall–Kier alpha value is -0.770. The highest BCUT2D eigenvalue weighted by atomic mass is 16.4. The third kappa shape index (κ3) is 5.39. The molecule has 0 aliphatic carbocycles. The molecule has 0 aliphatic heterocycles. The van der Waals surface area contributed by atoms with E-state index in [4.69, 9.17) is 10.9 Å². The SMILES string of the molecule is CC(C)C(C)N(C)CCCC(C)(C)C(N)=NO. The minimum atomic E-state index is -0.226. The van der Waals surface area contributed by atoms with Crippen molar-refractivity contribution in [1.29, 1.82) is 0 Å². The van der Waals surface area contributed by atoms with Gasteiger partial charge in [0.15, 0.2) is 0 Å². The van der Waals surface area contributed by atoms with Gasteiger partial charge in [-0.05, 0) is 39.3 Å². The van der Waals surface area contributed by atoms with Crippen LogP contribution < -0.4 is 5.73 Å². The van der Waals surface area contributed by atoms with E-state index >= 15 is 0 Å². The van der Waals surface area contributed by atoms with Gasteiger partial charge in [-0.25, -0.2) is 0 Å². The fourth-order valence-corrected chi connectivity index (χ4v) is 1.75. The van der Waals surface area contributed by atoms with Gasteiger partial charge in [0.25, 0.3) is 0 Å². The van der Waals surface area contributed by atoms with E-state index in [1.807, 2.05) is 13.8 Å². The van der Waals surface area contributed by atoms with Crippen LogP contribution in [-0.2, 0) is 0 Å². The van der Waals surface area contributed by atoms with Crippen molar-refractivity contribution in [3.8, 4) is 0 Å². The first-order chi connectivity index (χ1) is 7.72. The molecule has 4 heteroatoms. The maximum atomic E-state index is 8.69. The normalized spacial score (nSPS) is 15.6. The van der Waals surface area contributed by atoms with Crippen LogP contribution in [0, 0.1) is 11.3 Å². The molecule has 0 heterocycles. The summed E-state index contributed by atoms with van der Waals surface area (Å²) in [4.78, 5) is 2.37. The summed E-state index contributed by atoms with van der Waals surface area (Å²) in [6, 6.07) is 0.585. The lowest BCUT2D eigenvalue weighted by molar-refractivity contribution is 0.199. The Morgan fingerprint density at radius 1 is 1.35 bits per heavy atom. The average molecular weight is 243 g/mol. The quantitative estimate of drug-likeness (QED) is 0.312. The highest BCUT2D eigenvalue weighted by molar-refractivity contribution is 5.85. The lowest BCUT2D eigenvalue weighted by atomic mass is 9.86. The van der Waals surface area contributed by atoms with Crippen molar-refractivity contribution in [2.24, 2.45) is 22.2 Å². The molecule has 0 radical (unpaired) electrons. The molecule has 0 bridgehead atoms. The molecule has 0 rings (SSSR count). The minimum absolute atomic E-state index is 0.226. The van der Waals surface area contributed by atoms with Gasteiger partial charge in [-0.1, -0.05) is 32.9 Å². The monoisotopic (exact) mass is 243 g/mol. The molecule has 4 nitrogen and oxygen atoms in total. The van der Waals surface area contributed by atoms with Crippen LogP contribution >= 0.6 is 0 Å². The van der Waals surface area contributed by atoms with Crippen LogP contribution in [0.25, 0.3) is 0 Å². The Morgan fingerprint density at radius 2 is 1.88 bits per heavy atom. The number of nitrogens with two attached hydrogens (primary N) is 1. The first-order valence-corrected chi connectivity index (χ1v) is 6.40. The van der Waals surface area contributed by atoms with Gasteiger partial charge in [-0.15, -0.1) is 0 Å². The van der Waals surface area contributed by atoms with Crippen LogP contribution in [-0.4, -0.2) is 35.6 Å². The van der Waals surface area contributed by atoms with Crippen molar-refractivity contribution in [2.45, 2.75) is 53.5 Å². The first-order valence-electron chi connectivity index (χ1n) is 6.40. The zero-order chi connectivity index (χ0) is 13.6. The Kier molecular flexibility index (Phi) is 6.53. The summed E-state index contributed by atoms with van der Waals surface area (Å²) < 4.78 is 0. The first kappa shape index (κ1) is 16.2. The standard InChI is InChI=1S/C13H29N3O/c1-10(2)11(3)16(6)9-7-8-13(4,5)12(14)15-17/h10-11,17H,7-9H2,1-6H3,(H2,14,15). The summed E-state index contributed by atoms with van der Waals surface area (Å²) in [6.07, 6.45) is 1.98. The Balaban J connectivity index is 4.07. The van der Waals surface area contributed by atoms with Crippen LogP contribution in [0.3, 0.4) is 0 Å². The molecule has 1 atom stereocenters. The molecule has 102 valence electrons. The van der Waals surface area contributed by atoms with Gasteiger partial charge in [-0.2, -0.15) is 0 Å². The van der Waals surface area contributed by atoms with E-state index in [2.05, 4.69) is 37.9 Å². The van der Waals surface area contributed by atoms with E-state index < -0.39 is 0 Å². The Morgan fingerprint density at radius 3 is 2.29 bits per heavy atom. The van der Waals surface area contributed by atoms with E-state index in [1.165, 1.54) is 0 Å². The van der Waals surface area contributed by atoms with E-state index in [0.717, 1.165) is 19.4 Å². The number of hydrogen-bond acceptors (Lipinski definition) is 3. The zero-order valence-electron chi connectivity index (χ0n) is 12.2. The van der Waals surface area contributed by atoms with Crippen LogP contribution in [0.1, 0.15) is 47.5 Å². The molecule has 0 amide bonds. The molecule has 0 saturated heterocycles. The van der Waals surface area contributed by atoms with Crippen molar-refractivity contribution in [3.63, 3.8) is 0 Å². The van der Waals surface area contributed by atoms with E-state index in [9.17, 15) is 0 Å². The summed E-state index contributed by atoms with van der Waals surface area (Å²) in [5, 5.41) is 11.8. The van der Waals surface area contributed by atoms with E-state index in [0.29, 0.717) is 17.8 Å². The molecule has 0 aromatic heterocycles. The highest BCUT2D eigenvalue weighted by Gasteiger charge is 2.23. The molecule has 0 fully saturated rings. The molecule has 0 aliphatic rings. The second-order valence-corrected chi connectivity index (χ2v) is 5.94. The largest absolute Gasteiger partial charge is 0.409 e. The van der Waals surface area contributed by atoms with Crippen LogP contribution in [0.5, 0.6) is 0 Å². The Bertz CT molecular complexity index is 249. The smallest absolute Gasteiger partial charge is 0.144 e. The van der Waals surface area contributed by atoms with Crippen LogP contribution in [0.2, 0.25) is 0 Å². The molecular weight excluding hydrogens is 214 g/mol. The minimum Gasteiger partial charge on any atom is -0.409 e. The zero-order valence-corrected chi connectivity index (χ0v) is 12.2. The summed E-state index contributed by atoms with van der Waals surface area (Å²) in [6.45, 7) is 11.8. The summed E-state index contributed by atoms with van der Waals surface area (Å²) >= 11 is 0. The number of amidine groups is 1. The molecule has 0 spiro atoms. The summed E-state index contributed by atoms with van der Waals surface area (Å²) in [5.74, 6) is 0.981. The van der Waals surface area contributed by atoms with Crippen molar-refractivity contribution in [1.82, 2.24) is 4.90 Å². The van der Waals surface area contributed by atoms with E-state index in [1.54, 1.807) is 0 Å². The lowest BCUT2D eigenvalue weighted by Crippen LogP contribution is -2.36. The number of hydrogen-bond donors (Lipinski definition) is 2. The van der Waals surface area contributed by atoms with Gasteiger partial charge in [0.1, 0.15) is 5.84 Å². The van der Waals surface area contributed by atoms with Gasteiger partial charge >= 0.3 is 0 Å². The van der Waals surface area contributed by atoms with Gasteiger partial charge < -0.3 is 15.8 Å². The number of nitrogens with zero attached hydrogens (tertiary/aromatic N) is 2. The highest BCUT2D eigenvalue weighted by Crippen LogP contribution is 2.23. The van der Waals surface area contributed by atoms with Crippen molar-refractivity contribution in [3.05, 3.63) is 0 Å². The van der Waals surface area contributed by atoms with Gasteiger partial charge in [0, 0.05) is 11.5 Å². The van der Waals surface area contributed by atoms with Gasteiger partial charge in [-0.3, -0.25) is 0 Å². The third-order valence-electron chi connectivity index (χ3n) is 3.77. The fraction of sp³-hybridized carbons (Fsp3) is 0.923. The molecule has 0 aromatic carbocycles.